The lowest BCUT2D eigenvalue weighted by atomic mass is 10.2. The summed E-state index contributed by atoms with van der Waals surface area (Å²) in [5, 5.41) is 12.8. The third-order valence-corrected chi connectivity index (χ3v) is 3.14. The first-order valence-electron chi connectivity index (χ1n) is 6.19. The molecule has 0 saturated carbocycles. The average Bonchev–Trinajstić information content (AvgIpc) is 2.69. The summed E-state index contributed by atoms with van der Waals surface area (Å²) in [6.45, 7) is 1.53. The van der Waals surface area contributed by atoms with E-state index in [1.165, 1.54) is 0 Å². The van der Waals surface area contributed by atoms with Crippen LogP contribution in [0.1, 0.15) is 6.42 Å². The maximum Gasteiger partial charge on any atom is 0.149 e. The number of nitrogens with zero attached hydrogens (tertiary/aromatic N) is 4. The van der Waals surface area contributed by atoms with E-state index in [2.05, 4.69) is 25.1 Å². The number of nitrogens with one attached hydrogen (secondary N) is 1. The van der Waals surface area contributed by atoms with Gasteiger partial charge in [-0.3, -0.25) is 4.98 Å². The monoisotopic (exact) mass is 251 g/mol. The molecule has 1 aromatic heterocycles. The number of aromatic nitrogens is 2. The van der Waals surface area contributed by atoms with Crippen molar-refractivity contribution in [3.8, 4) is 0 Å². The number of anilines is 2. The first-order valence-corrected chi connectivity index (χ1v) is 6.19. The fourth-order valence-corrected chi connectivity index (χ4v) is 2.38. The van der Waals surface area contributed by atoms with Gasteiger partial charge >= 0.3 is 0 Å². The highest BCUT2D eigenvalue weighted by Crippen LogP contribution is 2.24. The lowest BCUT2D eigenvalue weighted by Crippen LogP contribution is -2.38. The van der Waals surface area contributed by atoms with Crippen LogP contribution in [-0.4, -0.2) is 66.4 Å². The fourth-order valence-electron chi connectivity index (χ4n) is 2.38. The Hall–Kier alpha value is -1.40. The van der Waals surface area contributed by atoms with E-state index >= 15 is 0 Å². The number of hydrogen-bond donors (Lipinski definition) is 2. The molecule has 0 amide bonds. The smallest absolute Gasteiger partial charge is 0.149 e. The van der Waals surface area contributed by atoms with Crippen molar-refractivity contribution in [1.29, 1.82) is 0 Å². The molecule has 0 aromatic carbocycles. The van der Waals surface area contributed by atoms with E-state index in [1.807, 2.05) is 21.1 Å². The predicted octanol–water partition coefficient (Wildman–Crippen LogP) is 0.0195. The maximum absolute atomic E-state index is 9.85. The van der Waals surface area contributed by atoms with E-state index in [9.17, 15) is 5.11 Å². The Morgan fingerprint density at radius 3 is 2.94 bits per heavy atom. The Morgan fingerprint density at radius 1 is 1.50 bits per heavy atom. The highest BCUT2D eigenvalue weighted by molar-refractivity contribution is 5.45. The van der Waals surface area contributed by atoms with Crippen LogP contribution in [0.2, 0.25) is 0 Å². The zero-order valence-electron chi connectivity index (χ0n) is 11.2. The van der Waals surface area contributed by atoms with Gasteiger partial charge in [0.05, 0.1) is 18.5 Å². The van der Waals surface area contributed by atoms with Crippen LogP contribution < -0.4 is 10.2 Å². The molecule has 0 aliphatic carbocycles. The fraction of sp³-hybridized carbons (Fsp3) is 0.667. The molecular formula is C12H21N5O. The van der Waals surface area contributed by atoms with Gasteiger partial charge in [0.25, 0.3) is 0 Å². The molecule has 2 rings (SSSR count). The van der Waals surface area contributed by atoms with Gasteiger partial charge in [-0.2, -0.15) is 0 Å². The van der Waals surface area contributed by atoms with Gasteiger partial charge < -0.3 is 20.2 Å². The second-order valence-corrected chi connectivity index (χ2v) is 4.97. The van der Waals surface area contributed by atoms with Crippen LogP contribution in [0.4, 0.5) is 11.6 Å². The number of aliphatic hydroxyl groups is 1. The molecule has 2 atom stereocenters. The van der Waals surface area contributed by atoms with Crippen LogP contribution in [0.3, 0.4) is 0 Å². The van der Waals surface area contributed by atoms with Crippen molar-refractivity contribution in [2.24, 2.45) is 0 Å². The molecule has 1 aliphatic heterocycles. The lowest BCUT2D eigenvalue weighted by molar-refractivity contribution is 0.191. The van der Waals surface area contributed by atoms with Crippen LogP contribution in [0.5, 0.6) is 0 Å². The van der Waals surface area contributed by atoms with Gasteiger partial charge in [0, 0.05) is 26.2 Å². The molecule has 0 bridgehead atoms. The van der Waals surface area contributed by atoms with Crippen molar-refractivity contribution in [1.82, 2.24) is 14.9 Å². The van der Waals surface area contributed by atoms with Gasteiger partial charge in [0.15, 0.2) is 0 Å². The minimum Gasteiger partial charge on any atom is -0.391 e. The summed E-state index contributed by atoms with van der Waals surface area (Å²) in [6.07, 6.45) is 3.94. The number of likely N-dealkylation sites (N-methyl/N-ethyl adjacent to an activating group) is 1. The molecule has 2 unspecified atom stereocenters. The minimum atomic E-state index is -0.282. The van der Waals surface area contributed by atoms with Gasteiger partial charge in [0.2, 0.25) is 0 Å². The molecule has 2 heterocycles. The molecule has 1 aromatic rings. The van der Waals surface area contributed by atoms with E-state index in [-0.39, 0.29) is 12.1 Å². The largest absolute Gasteiger partial charge is 0.391 e. The summed E-state index contributed by atoms with van der Waals surface area (Å²) in [6, 6.07) is 0.288. The predicted molar refractivity (Wildman–Crippen MR) is 71.9 cm³/mol. The number of β-amino-alcohol motifs (C(OH)–C–C–N with tert-alkyl or cyclic N) is 1. The quantitative estimate of drug-likeness (QED) is 0.786. The van der Waals surface area contributed by atoms with Gasteiger partial charge in [0.1, 0.15) is 11.6 Å². The summed E-state index contributed by atoms with van der Waals surface area (Å²) in [5.74, 6) is 1.57. The molecule has 6 nitrogen and oxygen atoms in total. The van der Waals surface area contributed by atoms with Crippen molar-refractivity contribution in [3.63, 3.8) is 0 Å². The highest BCUT2D eigenvalue weighted by Gasteiger charge is 2.32. The van der Waals surface area contributed by atoms with Crippen molar-refractivity contribution >= 4 is 11.6 Å². The molecule has 0 spiro atoms. The van der Waals surface area contributed by atoms with E-state index in [1.54, 1.807) is 12.4 Å². The van der Waals surface area contributed by atoms with Crippen molar-refractivity contribution in [2.45, 2.75) is 18.6 Å². The summed E-state index contributed by atoms with van der Waals surface area (Å²) in [7, 11) is 5.90. The number of rotatable bonds is 4. The van der Waals surface area contributed by atoms with E-state index in [4.69, 9.17) is 0 Å². The van der Waals surface area contributed by atoms with Gasteiger partial charge in [-0.1, -0.05) is 0 Å². The van der Waals surface area contributed by atoms with Crippen LogP contribution in [0.15, 0.2) is 12.4 Å². The van der Waals surface area contributed by atoms with Crippen LogP contribution >= 0.6 is 0 Å². The molecule has 100 valence electrons. The Kier molecular flexibility index (Phi) is 3.98. The Morgan fingerprint density at radius 2 is 2.28 bits per heavy atom. The molecular weight excluding hydrogens is 230 g/mol. The zero-order chi connectivity index (χ0) is 13.1. The van der Waals surface area contributed by atoms with E-state index in [0.717, 1.165) is 24.6 Å². The molecule has 1 fully saturated rings. The van der Waals surface area contributed by atoms with Crippen LogP contribution in [0, 0.1) is 0 Å². The molecule has 2 N–H and O–H groups in total. The first-order chi connectivity index (χ1) is 8.60. The number of hydrogen-bond acceptors (Lipinski definition) is 6. The van der Waals surface area contributed by atoms with E-state index < -0.39 is 0 Å². The van der Waals surface area contributed by atoms with E-state index in [0.29, 0.717) is 6.54 Å². The third kappa shape index (κ3) is 2.88. The van der Waals surface area contributed by atoms with Gasteiger partial charge in [-0.25, -0.2) is 4.98 Å². The summed E-state index contributed by atoms with van der Waals surface area (Å²) < 4.78 is 0. The Labute approximate surface area is 108 Å². The standard InChI is InChI=1S/C12H21N5O/c1-13-11-5-14-6-12(15-11)17-8-10(18)4-9(17)7-16(2)3/h5-6,9-10,18H,4,7-8H2,1-3H3,(H,13,15). The first kappa shape index (κ1) is 13.0. The van der Waals surface area contributed by atoms with Gasteiger partial charge in [-0.15, -0.1) is 0 Å². The second-order valence-electron chi connectivity index (χ2n) is 4.97. The van der Waals surface area contributed by atoms with Gasteiger partial charge in [-0.05, 0) is 20.5 Å². The molecule has 1 aliphatic rings. The number of aliphatic hydroxyl groups excluding tert-OH is 1. The third-order valence-electron chi connectivity index (χ3n) is 3.14. The zero-order valence-corrected chi connectivity index (χ0v) is 11.2. The normalized spacial score (nSPS) is 23.7. The molecule has 6 heteroatoms. The molecule has 0 radical (unpaired) electrons. The molecule has 18 heavy (non-hydrogen) atoms. The average molecular weight is 251 g/mol. The summed E-state index contributed by atoms with van der Waals surface area (Å²) >= 11 is 0. The molecule has 1 saturated heterocycles. The maximum atomic E-state index is 9.85. The Balaban J connectivity index is 2.18. The van der Waals surface area contributed by atoms with Crippen molar-refractivity contribution < 1.29 is 5.11 Å². The Bertz CT molecular complexity index is 398. The van der Waals surface area contributed by atoms with Crippen molar-refractivity contribution in [3.05, 3.63) is 12.4 Å². The lowest BCUT2D eigenvalue weighted by Gasteiger charge is -2.27. The summed E-state index contributed by atoms with van der Waals surface area (Å²) in [5.41, 5.74) is 0. The topological polar surface area (TPSA) is 64.5 Å². The minimum absolute atomic E-state index is 0.282. The highest BCUT2D eigenvalue weighted by atomic mass is 16.3. The second kappa shape index (κ2) is 5.49. The van der Waals surface area contributed by atoms with Crippen LogP contribution in [-0.2, 0) is 0 Å². The SMILES string of the molecule is CNc1cncc(N2CC(O)CC2CN(C)C)n1. The summed E-state index contributed by atoms with van der Waals surface area (Å²) in [4.78, 5) is 12.9. The van der Waals surface area contributed by atoms with Crippen LogP contribution in [0.25, 0.3) is 0 Å². The van der Waals surface area contributed by atoms with Crippen molar-refractivity contribution in [2.75, 3.05) is 44.4 Å².